The molecule has 1 aromatic carbocycles. The van der Waals surface area contributed by atoms with Crippen LogP contribution in [0, 0.1) is 0 Å². The molecule has 0 heterocycles. The van der Waals surface area contributed by atoms with E-state index in [0.29, 0.717) is 0 Å². The molecule has 0 aliphatic rings. The lowest BCUT2D eigenvalue weighted by molar-refractivity contribution is -0.133. The highest BCUT2D eigenvalue weighted by Gasteiger charge is 1.93. The van der Waals surface area contributed by atoms with Crippen LogP contribution >= 0.6 is 11.8 Å². The highest BCUT2D eigenvalue weighted by atomic mass is 32.2. The third kappa shape index (κ3) is 4.65. The Labute approximate surface area is 98.1 Å². The predicted octanol–water partition coefficient (Wildman–Crippen LogP) is 2.50. The van der Waals surface area contributed by atoms with Gasteiger partial charge in [-0.1, -0.05) is 24.8 Å². The average molecular weight is 236 g/mol. The molecule has 0 amide bonds. The fourth-order valence-corrected chi connectivity index (χ4v) is 1.28. The van der Waals surface area contributed by atoms with E-state index >= 15 is 0 Å². The number of anilines is 1. The lowest BCUT2D eigenvalue weighted by atomic mass is 10.2. The molecule has 2 N–H and O–H groups in total. The Kier molecular flexibility index (Phi) is 5.15. The van der Waals surface area contributed by atoms with Crippen molar-refractivity contribution in [2.75, 3.05) is 11.2 Å². The summed E-state index contributed by atoms with van der Waals surface area (Å²) in [7, 11) is 0. The lowest BCUT2D eigenvalue weighted by Gasteiger charge is -1.99. The van der Waals surface area contributed by atoms with Crippen LogP contribution in [-0.2, 0) is 4.79 Å². The van der Waals surface area contributed by atoms with E-state index in [0.717, 1.165) is 23.0 Å². The van der Waals surface area contributed by atoms with Crippen molar-refractivity contribution in [3.63, 3.8) is 0 Å². The molecular formula is C11H12N2O2S. The molecule has 5 heteroatoms. The highest BCUT2D eigenvalue weighted by Crippen LogP contribution is 2.10. The number of hydrogen-bond acceptors (Lipinski definition) is 4. The van der Waals surface area contributed by atoms with Crippen molar-refractivity contribution < 1.29 is 9.90 Å². The van der Waals surface area contributed by atoms with Gasteiger partial charge in [-0.2, -0.15) is 5.10 Å². The van der Waals surface area contributed by atoms with Crippen LogP contribution in [-0.4, -0.2) is 22.4 Å². The zero-order valence-corrected chi connectivity index (χ0v) is 9.41. The number of carboxylic acids is 1. The molecule has 1 rings (SSSR count). The minimum absolute atomic E-state index is 0.0145. The summed E-state index contributed by atoms with van der Waals surface area (Å²) in [4.78, 5) is 10.2. The number of nitrogens with zero attached hydrogens (tertiary/aromatic N) is 1. The first-order chi connectivity index (χ1) is 7.72. The molecule has 16 heavy (non-hydrogen) atoms. The number of benzene rings is 1. The van der Waals surface area contributed by atoms with Crippen molar-refractivity contribution in [3.05, 3.63) is 36.4 Å². The minimum atomic E-state index is -0.855. The monoisotopic (exact) mass is 236 g/mol. The summed E-state index contributed by atoms with van der Waals surface area (Å²) in [5.74, 6) is -0.840. The summed E-state index contributed by atoms with van der Waals surface area (Å²) >= 11 is 1.12. The van der Waals surface area contributed by atoms with E-state index in [2.05, 4.69) is 17.1 Å². The maximum absolute atomic E-state index is 10.2. The van der Waals surface area contributed by atoms with E-state index in [1.807, 2.05) is 24.3 Å². The number of hydrogen-bond donors (Lipinski definition) is 2. The van der Waals surface area contributed by atoms with Crippen LogP contribution < -0.4 is 5.43 Å². The molecule has 84 valence electrons. The second-order valence-electron chi connectivity index (χ2n) is 2.88. The normalized spacial score (nSPS) is 10.2. The van der Waals surface area contributed by atoms with E-state index in [4.69, 9.17) is 5.11 Å². The quantitative estimate of drug-likeness (QED) is 0.452. The van der Waals surface area contributed by atoms with Crippen LogP contribution in [0.5, 0.6) is 0 Å². The Bertz CT molecular complexity index is 387. The van der Waals surface area contributed by atoms with Gasteiger partial charge in [-0.25, -0.2) is 0 Å². The minimum Gasteiger partial charge on any atom is -0.481 e. The second-order valence-corrected chi connectivity index (χ2v) is 3.71. The first kappa shape index (κ1) is 12.3. The lowest BCUT2D eigenvalue weighted by Crippen LogP contribution is -1.97. The molecule has 0 atom stereocenters. The third-order valence-corrected chi connectivity index (χ3v) is 2.34. The molecule has 0 aliphatic heterocycles. The summed E-state index contributed by atoms with van der Waals surface area (Å²) in [6.07, 6.45) is 1.76. The maximum atomic E-state index is 10.2. The number of aliphatic carboxylic acids is 1. The molecule has 0 fully saturated rings. The molecule has 4 nitrogen and oxygen atoms in total. The molecule has 0 saturated carbocycles. The van der Waals surface area contributed by atoms with Gasteiger partial charge in [0, 0.05) is 0 Å². The van der Waals surface area contributed by atoms with Crippen LogP contribution in [0.4, 0.5) is 5.69 Å². The number of carboxylic acid groups (broad SMARTS) is 1. The van der Waals surface area contributed by atoms with Gasteiger partial charge in [0.15, 0.2) is 0 Å². The fourth-order valence-electron chi connectivity index (χ4n) is 0.940. The topological polar surface area (TPSA) is 61.7 Å². The number of carbonyl (C=O) groups is 1. The van der Waals surface area contributed by atoms with E-state index in [1.54, 1.807) is 6.08 Å². The zero-order chi connectivity index (χ0) is 11.8. The maximum Gasteiger partial charge on any atom is 0.313 e. The van der Waals surface area contributed by atoms with Gasteiger partial charge < -0.3 is 5.11 Å². The zero-order valence-electron chi connectivity index (χ0n) is 8.59. The molecule has 0 unspecified atom stereocenters. The van der Waals surface area contributed by atoms with Crippen molar-refractivity contribution in [1.82, 2.24) is 0 Å². The molecule has 0 saturated heterocycles. The van der Waals surface area contributed by atoms with Crippen molar-refractivity contribution in [1.29, 1.82) is 0 Å². The molecule has 0 radical (unpaired) electrons. The van der Waals surface area contributed by atoms with Gasteiger partial charge in [-0.3, -0.25) is 10.2 Å². The molecule has 0 aliphatic carbocycles. The largest absolute Gasteiger partial charge is 0.481 e. The van der Waals surface area contributed by atoms with Gasteiger partial charge in [0.05, 0.1) is 17.0 Å². The molecule has 1 aromatic rings. The molecule has 0 bridgehead atoms. The smallest absolute Gasteiger partial charge is 0.313 e. The molecule has 0 spiro atoms. The average Bonchev–Trinajstić information content (AvgIpc) is 2.29. The fraction of sp³-hybridized carbons (Fsp3) is 0.0909. The summed E-state index contributed by atoms with van der Waals surface area (Å²) < 4.78 is 0. The summed E-state index contributed by atoms with van der Waals surface area (Å²) in [5.41, 5.74) is 6.14. The Morgan fingerprint density at radius 1 is 1.50 bits per heavy atom. The SMILES string of the molecule is C=Cc1ccc(NN=CSCC(=O)O)cc1. The number of nitrogens with one attached hydrogen (secondary N) is 1. The van der Waals surface area contributed by atoms with Crippen LogP contribution in [0.25, 0.3) is 6.08 Å². The summed E-state index contributed by atoms with van der Waals surface area (Å²) in [6.45, 7) is 3.65. The summed E-state index contributed by atoms with van der Waals surface area (Å²) in [6, 6.07) is 7.57. The van der Waals surface area contributed by atoms with E-state index in [1.165, 1.54) is 5.55 Å². The van der Waals surface area contributed by atoms with E-state index in [9.17, 15) is 4.79 Å². The van der Waals surface area contributed by atoms with Gasteiger partial charge >= 0.3 is 5.97 Å². The van der Waals surface area contributed by atoms with Crippen molar-refractivity contribution in [2.45, 2.75) is 0 Å². The van der Waals surface area contributed by atoms with E-state index in [-0.39, 0.29) is 5.75 Å². The Hall–Kier alpha value is -1.75. The van der Waals surface area contributed by atoms with Gasteiger partial charge in [0.25, 0.3) is 0 Å². The van der Waals surface area contributed by atoms with Crippen LogP contribution in [0.15, 0.2) is 35.9 Å². The van der Waals surface area contributed by atoms with Crippen LogP contribution in [0.1, 0.15) is 5.56 Å². The Balaban J connectivity index is 2.36. The van der Waals surface area contributed by atoms with Crippen LogP contribution in [0.3, 0.4) is 0 Å². The summed E-state index contributed by atoms with van der Waals surface area (Å²) in [5, 5.41) is 12.2. The molecule has 0 aromatic heterocycles. The standard InChI is InChI=1S/C11H12N2O2S/c1-2-9-3-5-10(6-4-9)13-12-8-16-7-11(14)15/h2-6,8,13H,1,7H2,(H,14,15). The first-order valence-electron chi connectivity index (χ1n) is 4.56. The number of hydrazone groups is 1. The van der Waals surface area contributed by atoms with Gasteiger partial charge in [0.1, 0.15) is 0 Å². The third-order valence-electron chi connectivity index (χ3n) is 1.67. The number of rotatable bonds is 6. The van der Waals surface area contributed by atoms with Crippen molar-refractivity contribution in [2.24, 2.45) is 5.10 Å². The van der Waals surface area contributed by atoms with Gasteiger partial charge in [-0.15, -0.1) is 11.8 Å². The Morgan fingerprint density at radius 2 is 2.19 bits per heavy atom. The Morgan fingerprint density at radius 3 is 2.75 bits per heavy atom. The van der Waals surface area contributed by atoms with Crippen molar-refractivity contribution in [3.8, 4) is 0 Å². The molecular weight excluding hydrogens is 224 g/mol. The second kappa shape index (κ2) is 6.68. The van der Waals surface area contributed by atoms with E-state index < -0.39 is 5.97 Å². The predicted molar refractivity (Wildman–Crippen MR) is 68.7 cm³/mol. The number of thioether (sulfide) groups is 1. The van der Waals surface area contributed by atoms with Crippen LogP contribution in [0.2, 0.25) is 0 Å². The highest BCUT2D eigenvalue weighted by molar-refractivity contribution is 8.12. The first-order valence-corrected chi connectivity index (χ1v) is 5.60. The van der Waals surface area contributed by atoms with Gasteiger partial charge in [-0.05, 0) is 17.7 Å². The van der Waals surface area contributed by atoms with Crippen molar-refractivity contribution >= 4 is 35.0 Å². The van der Waals surface area contributed by atoms with Gasteiger partial charge in [0.2, 0.25) is 0 Å².